The van der Waals surface area contributed by atoms with Gasteiger partial charge in [-0.25, -0.2) is 4.98 Å². The molecule has 2 N–H and O–H groups in total. The van der Waals surface area contributed by atoms with Crippen LogP contribution in [0.2, 0.25) is 0 Å². The first-order valence-electron chi connectivity index (χ1n) is 8.30. The fraction of sp³-hybridized carbons (Fsp3) is 0.316. The molecule has 25 heavy (non-hydrogen) atoms. The second-order valence-corrected chi connectivity index (χ2v) is 6.24. The fourth-order valence-corrected chi connectivity index (χ4v) is 2.97. The van der Waals surface area contributed by atoms with Crippen molar-refractivity contribution in [2.75, 3.05) is 0 Å². The highest BCUT2D eigenvalue weighted by Crippen LogP contribution is 2.24. The molecule has 0 aliphatic carbocycles. The maximum absolute atomic E-state index is 12.6. The first-order chi connectivity index (χ1) is 12.0. The summed E-state index contributed by atoms with van der Waals surface area (Å²) in [4.78, 5) is 20.3. The molecule has 2 heterocycles. The van der Waals surface area contributed by atoms with Gasteiger partial charge in [-0.15, -0.1) is 0 Å². The number of imidazole rings is 1. The predicted molar refractivity (Wildman–Crippen MR) is 95.0 cm³/mol. The first-order valence-corrected chi connectivity index (χ1v) is 8.30. The van der Waals surface area contributed by atoms with E-state index >= 15 is 0 Å². The third-order valence-electron chi connectivity index (χ3n) is 4.36. The number of nitrogens with one attached hydrogen (secondary N) is 2. The molecule has 0 radical (unpaired) electrons. The Hall–Kier alpha value is -2.89. The van der Waals surface area contributed by atoms with Crippen molar-refractivity contribution in [2.24, 2.45) is 0 Å². The number of hydrogen-bond donors (Lipinski definition) is 2. The zero-order valence-electron chi connectivity index (χ0n) is 14.8. The SMILES string of the molecule is Cc1noc(C)c1[C@H](C)C(=O)N[C@H](C)c1ncc(-c2ccccc2)[nH]1. The van der Waals surface area contributed by atoms with Crippen molar-refractivity contribution >= 4 is 5.91 Å². The van der Waals surface area contributed by atoms with Crippen LogP contribution < -0.4 is 5.32 Å². The van der Waals surface area contributed by atoms with Crippen molar-refractivity contribution in [1.82, 2.24) is 20.4 Å². The number of carbonyl (C=O) groups is 1. The molecule has 6 heteroatoms. The van der Waals surface area contributed by atoms with Crippen molar-refractivity contribution < 1.29 is 9.32 Å². The molecule has 0 saturated carbocycles. The average Bonchev–Trinajstić information content (AvgIpc) is 3.22. The van der Waals surface area contributed by atoms with Crippen molar-refractivity contribution in [2.45, 2.75) is 39.7 Å². The highest BCUT2D eigenvalue weighted by atomic mass is 16.5. The van der Waals surface area contributed by atoms with Gasteiger partial charge in [0, 0.05) is 5.56 Å². The van der Waals surface area contributed by atoms with Crippen molar-refractivity contribution in [3.05, 3.63) is 59.4 Å². The lowest BCUT2D eigenvalue weighted by Crippen LogP contribution is -2.31. The van der Waals surface area contributed by atoms with Gasteiger partial charge in [-0.3, -0.25) is 4.79 Å². The van der Waals surface area contributed by atoms with E-state index in [0.29, 0.717) is 5.76 Å². The summed E-state index contributed by atoms with van der Waals surface area (Å²) in [6.45, 7) is 7.43. The Morgan fingerprint density at radius 2 is 1.92 bits per heavy atom. The van der Waals surface area contributed by atoms with Crippen LogP contribution in [0.15, 0.2) is 41.1 Å². The van der Waals surface area contributed by atoms with E-state index < -0.39 is 0 Å². The van der Waals surface area contributed by atoms with Gasteiger partial charge in [-0.1, -0.05) is 35.5 Å². The van der Waals surface area contributed by atoms with Gasteiger partial charge in [0.2, 0.25) is 5.91 Å². The summed E-state index contributed by atoms with van der Waals surface area (Å²) in [5, 5.41) is 6.92. The Balaban J connectivity index is 1.71. The Labute approximate surface area is 146 Å². The second kappa shape index (κ2) is 6.93. The molecule has 0 fully saturated rings. The van der Waals surface area contributed by atoms with Crippen LogP contribution in [0.4, 0.5) is 0 Å². The van der Waals surface area contributed by atoms with Gasteiger partial charge in [0.15, 0.2) is 0 Å². The Morgan fingerprint density at radius 1 is 1.20 bits per heavy atom. The number of carbonyl (C=O) groups excluding carboxylic acids is 1. The van der Waals surface area contributed by atoms with E-state index in [1.54, 1.807) is 6.20 Å². The van der Waals surface area contributed by atoms with Gasteiger partial charge in [0.05, 0.1) is 29.5 Å². The molecular formula is C19H22N4O2. The molecule has 2 atom stereocenters. The van der Waals surface area contributed by atoms with Crippen LogP contribution in [0.3, 0.4) is 0 Å². The molecule has 0 spiro atoms. The van der Waals surface area contributed by atoms with E-state index in [9.17, 15) is 4.79 Å². The summed E-state index contributed by atoms with van der Waals surface area (Å²) in [5.41, 5.74) is 3.57. The van der Waals surface area contributed by atoms with Gasteiger partial charge in [-0.05, 0) is 33.3 Å². The first kappa shape index (κ1) is 17.0. The molecular weight excluding hydrogens is 316 g/mol. The minimum absolute atomic E-state index is 0.0837. The smallest absolute Gasteiger partial charge is 0.228 e. The van der Waals surface area contributed by atoms with Gasteiger partial charge >= 0.3 is 0 Å². The third-order valence-corrected chi connectivity index (χ3v) is 4.36. The van der Waals surface area contributed by atoms with E-state index in [4.69, 9.17) is 4.52 Å². The fourth-order valence-electron chi connectivity index (χ4n) is 2.97. The molecule has 0 unspecified atom stereocenters. The van der Waals surface area contributed by atoms with E-state index in [0.717, 1.165) is 28.3 Å². The number of H-pyrrole nitrogens is 1. The summed E-state index contributed by atoms with van der Waals surface area (Å²) in [6.07, 6.45) is 1.78. The maximum Gasteiger partial charge on any atom is 0.228 e. The summed E-state index contributed by atoms with van der Waals surface area (Å²) in [6, 6.07) is 9.73. The summed E-state index contributed by atoms with van der Waals surface area (Å²) in [7, 11) is 0. The number of amides is 1. The molecule has 0 bridgehead atoms. The highest BCUT2D eigenvalue weighted by Gasteiger charge is 2.24. The number of aromatic nitrogens is 3. The highest BCUT2D eigenvalue weighted by molar-refractivity contribution is 5.84. The quantitative estimate of drug-likeness (QED) is 0.743. The number of aryl methyl sites for hydroxylation is 2. The largest absolute Gasteiger partial charge is 0.361 e. The number of benzene rings is 1. The van der Waals surface area contributed by atoms with Crippen LogP contribution in [0.25, 0.3) is 11.3 Å². The molecule has 0 aliphatic heterocycles. The van der Waals surface area contributed by atoms with Crippen LogP contribution in [0.5, 0.6) is 0 Å². The molecule has 1 aromatic carbocycles. The van der Waals surface area contributed by atoms with Crippen LogP contribution in [-0.4, -0.2) is 21.0 Å². The topological polar surface area (TPSA) is 83.8 Å². The van der Waals surface area contributed by atoms with E-state index in [1.807, 2.05) is 58.0 Å². The third kappa shape index (κ3) is 3.47. The maximum atomic E-state index is 12.6. The molecule has 0 aliphatic rings. The zero-order valence-corrected chi connectivity index (χ0v) is 14.8. The van der Waals surface area contributed by atoms with Crippen molar-refractivity contribution in [3.8, 4) is 11.3 Å². The van der Waals surface area contributed by atoms with Crippen LogP contribution in [0, 0.1) is 13.8 Å². The Kier molecular flexibility index (Phi) is 4.70. The monoisotopic (exact) mass is 338 g/mol. The number of aromatic amines is 1. The van der Waals surface area contributed by atoms with Crippen LogP contribution >= 0.6 is 0 Å². The molecule has 1 amide bonds. The lowest BCUT2D eigenvalue weighted by atomic mass is 9.98. The zero-order chi connectivity index (χ0) is 18.0. The molecule has 6 nitrogen and oxygen atoms in total. The Bertz CT molecular complexity index is 847. The van der Waals surface area contributed by atoms with Gasteiger partial charge in [-0.2, -0.15) is 0 Å². The molecule has 130 valence electrons. The normalized spacial score (nSPS) is 13.4. The van der Waals surface area contributed by atoms with Crippen LogP contribution in [0.1, 0.15) is 48.6 Å². The van der Waals surface area contributed by atoms with Gasteiger partial charge in [0.25, 0.3) is 0 Å². The lowest BCUT2D eigenvalue weighted by molar-refractivity contribution is -0.122. The summed E-state index contributed by atoms with van der Waals surface area (Å²) in [5.74, 6) is 0.979. The van der Waals surface area contributed by atoms with Crippen molar-refractivity contribution in [3.63, 3.8) is 0 Å². The predicted octanol–water partition coefficient (Wildman–Crippen LogP) is 3.66. The summed E-state index contributed by atoms with van der Waals surface area (Å²) < 4.78 is 5.16. The second-order valence-electron chi connectivity index (χ2n) is 6.24. The van der Waals surface area contributed by atoms with Gasteiger partial charge < -0.3 is 14.8 Å². The lowest BCUT2D eigenvalue weighted by Gasteiger charge is -2.16. The van der Waals surface area contributed by atoms with E-state index in [1.165, 1.54) is 0 Å². The molecule has 3 aromatic rings. The van der Waals surface area contributed by atoms with E-state index in [-0.39, 0.29) is 17.9 Å². The number of rotatable bonds is 5. The van der Waals surface area contributed by atoms with Gasteiger partial charge in [0.1, 0.15) is 11.6 Å². The Morgan fingerprint density at radius 3 is 2.56 bits per heavy atom. The minimum Gasteiger partial charge on any atom is -0.361 e. The average molecular weight is 338 g/mol. The summed E-state index contributed by atoms with van der Waals surface area (Å²) >= 11 is 0. The van der Waals surface area contributed by atoms with Crippen LogP contribution in [-0.2, 0) is 4.79 Å². The molecule has 3 rings (SSSR count). The number of hydrogen-bond acceptors (Lipinski definition) is 4. The van der Waals surface area contributed by atoms with Crippen molar-refractivity contribution in [1.29, 1.82) is 0 Å². The van der Waals surface area contributed by atoms with E-state index in [2.05, 4.69) is 20.4 Å². The molecule has 0 saturated heterocycles. The number of nitrogens with zero attached hydrogens (tertiary/aromatic N) is 2. The molecule has 2 aromatic heterocycles. The standard InChI is InChI=1S/C19H22N4O2/c1-11(17-12(2)23-25-14(17)4)19(24)21-13(3)18-20-10-16(22-18)15-8-6-5-7-9-15/h5-11,13H,1-4H3,(H,20,22)(H,21,24)/t11-,13+/m0/s1. The minimum atomic E-state index is -0.336.